The van der Waals surface area contributed by atoms with E-state index in [1.54, 1.807) is 0 Å². The minimum absolute atomic E-state index is 0.238. The topological polar surface area (TPSA) is 61.8 Å². The van der Waals surface area contributed by atoms with Gasteiger partial charge < -0.3 is 20.1 Å². The lowest BCUT2D eigenvalue weighted by Gasteiger charge is -2.42. The van der Waals surface area contributed by atoms with Gasteiger partial charge >= 0.3 is 5.97 Å². The maximum Gasteiger partial charge on any atom is 0.304 e. The molecule has 5 nitrogen and oxygen atoms in total. The molecule has 156 valence electrons. The predicted molar refractivity (Wildman–Crippen MR) is 112 cm³/mol. The van der Waals surface area contributed by atoms with E-state index < -0.39 is 5.97 Å². The van der Waals surface area contributed by atoms with Gasteiger partial charge in [0.1, 0.15) is 5.75 Å². The van der Waals surface area contributed by atoms with Crippen LogP contribution in [0.15, 0.2) is 24.3 Å². The maximum absolute atomic E-state index is 10.9. The molecule has 1 aromatic rings. The van der Waals surface area contributed by atoms with Crippen LogP contribution in [0.4, 0.5) is 0 Å². The molecule has 1 aliphatic heterocycles. The molecule has 1 heterocycles. The van der Waals surface area contributed by atoms with Crippen LogP contribution in [0.5, 0.6) is 5.75 Å². The SMILES string of the molecule is CCOc1cccc(CC2(CNC3CC3CC)CCN(CCC(=O)O)CC2)c1. The number of piperidine rings is 1. The normalized spacial score (nSPS) is 24.1. The van der Waals surface area contributed by atoms with Crippen molar-refractivity contribution in [2.24, 2.45) is 11.3 Å². The lowest BCUT2D eigenvalue weighted by atomic mass is 9.73. The molecule has 2 N–H and O–H groups in total. The van der Waals surface area contributed by atoms with Crippen molar-refractivity contribution in [3.8, 4) is 5.75 Å². The van der Waals surface area contributed by atoms with E-state index in [0.29, 0.717) is 19.2 Å². The lowest BCUT2D eigenvalue weighted by molar-refractivity contribution is -0.137. The highest BCUT2D eigenvalue weighted by molar-refractivity contribution is 5.66. The summed E-state index contributed by atoms with van der Waals surface area (Å²) in [6.07, 6.45) is 6.10. The first kappa shape index (κ1) is 21.1. The van der Waals surface area contributed by atoms with Gasteiger partial charge in [0.15, 0.2) is 0 Å². The Balaban J connectivity index is 1.63. The fourth-order valence-corrected chi connectivity index (χ4v) is 4.56. The number of hydrogen-bond acceptors (Lipinski definition) is 4. The van der Waals surface area contributed by atoms with Crippen molar-refractivity contribution in [2.45, 2.75) is 58.4 Å². The van der Waals surface area contributed by atoms with Crippen molar-refractivity contribution < 1.29 is 14.6 Å². The highest BCUT2D eigenvalue weighted by Crippen LogP contribution is 2.38. The Kier molecular flexibility index (Phi) is 7.36. The van der Waals surface area contributed by atoms with Crippen molar-refractivity contribution in [1.29, 1.82) is 0 Å². The van der Waals surface area contributed by atoms with Gasteiger partial charge in [-0.3, -0.25) is 4.79 Å². The van der Waals surface area contributed by atoms with Crippen LogP contribution < -0.4 is 10.1 Å². The second-order valence-corrected chi connectivity index (χ2v) is 8.63. The average Bonchev–Trinajstić information content (AvgIpc) is 3.45. The van der Waals surface area contributed by atoms with Crippen LogP contribution in [0.25, 0.3) is 0 Å². The summed E-state index contributed by atoms with van der Waals surface area (Å²) >= 11 is 0. The zero-order valence-electron chi connectivity index (χ0n) is 17.5. The fourth-order valence-electron chi connectivity index (χ4n) is 4.56. The third-order valence-electron chi connectivity index (χ3n) is 6.53. The number of carboxylic acid groups (broad SMARTS) is 1. The van der Waals surface area contributed by atoms with Gasteiger partial charge in [0.25, 0.3) is 0 Å². The van der Waals surface area contributed by atoms with Crippen LogP contribution >= 0.6 is 0 Å². The van der Waals surface area contributed by atoms with Crippen molar-refractivity contribution in [1.82, 2.24) is 10.2 Å². The molecule has 2 fully saturated rings. The molecule has 2 atom stereocenters. The van der Waals surface area contributed by atoms with Gasteiger partial charge in [-0.25, -0.2) is 0 Å². The van der Waals surface area contributed by atoms with Gasteiger partial charge in [0.05, 0.1) is 13.0 Å². The van der Waals surface area contributed by atoms with E-state index in [4.69, 9.17) is 9.84 Å². The number of carboxylic acids is 1. The van der Waals surface area contributed by atoms with Crippen LogP contribution in [-0.4, -0.2) is 54.8 Å². The van der Waals surface area contributed by atoms with Crippen molar-refractivity contribution in [2.75, 3.05) is 32.8 Å². The van der Waals surface area contributed by atoms with E-state index in [1.165, 1.54) is 18.4 Å². The van der Waals surface area contributed by atoms with Crippen molar-refractivity contribution in [3.63, 3.8) is 0 Å². The van der Waals surface area contributed by atoms with E-state index in [1.807, 2.05) is 13.0 Å². The summed E-state index contributed by atoms with van der Waals surface area (Å²) in [4.78, 5) is 13.2. The van der Waals surface area contributed by atoms with Gasteiger partial charge in [-0.15, -0.1) is 0 Å². The molecule has 0 radical (unpaired) electrons. The maximum atomic E-state index is 10.9. The number of likely N-dealkylation sites (tertiary alicyclic amines) is 1. The molecule has 28 heavy (non-hydrogen) atoms. The van der Waals surface area contributed by atoms with Crippen LogP contribution in [0.2, 0.25) is 0 Å². The van der Waals surface area contributed by atoms with Gasteiger partial charge in [-0.1, -0.05) is 25.5 Å². The second kappa shape index (κ2) is 9.75. The van der Waals surface area contributed by atoms with E-state index in [0.717, 1.165) is 50.6 Å². The van der Waals surface area contributed by atoms with E-state index in [2.05, 4.69) is 35.3 Å². The van der Waals surface area contributed by atoms with E-state index in [-0.39, 0.29) is 11.8 Å². The third kappa shape index (κ3) is 5.95. The first-order valence-corrected chi connectivity index (χ1v) is 10.9. The monoisotopic (exact) mass is 388 g/mol. The first-order chi connectivity index (χ1) is 13.5. The molecule has 1 aromatic carbocycles. The average molecular weight is 389 g/mol. The van der Waals surface area contributed by atoms with Crippen molar-refractivity contribution in [3.05, 3.63) is 29.8 Å². The second-order valence-electron chi connectivity index (χ2n) is 8.63. The molecule has 0 bridgehead atoms. The van der Waals surface area contributed by atoms with Gasteiger partial charge in [-0.05, 0) is 74.7 Å². The largest absolute Gasteiger partial charge is 0.494 e. The Bertz CT molecular complexity index is 640. The zero-order valence-corrected chi connectivity index (χ0v) is 17.5. The summed E-state index contributed by atoms with van der Waals surface area (Å²) in [5.74, 6) is 1.11. The predicted octanol–water partition coefficient (Wildman–Crippen LogP) is 3.57. The number of hydrogen-bond donors (Lipinski definition) is 2. The Morgan fingerprint density at radius 1 is 1.32 bits per heavy atom. The zero-order chi connectivity index (χ0) is 20.0. The van der Waals surface area contributed by atoms with E-state index in [9.17, 15) is 4.79 Å². The van der Waals surface area contributed by atoms with Crippen LogP contribution in [0, 0.1) is 11.3 Å². The molecule has 1 saturated carbocycles. The van der Waals surface area contributed by atoms with Crippen LogP contribution in [-0.2, 0) is 11.2 Å². The molecule has 1 saturated heterocycles. The number of ether oxygens (including phenoxy) is 1. The number of carbonyl (C=O) groups is 1. The molecule has 0 spiro atoms. The molecule has 0 aromatic heterocycles. The van der Waals surface area contributed by atoms with Gasteiger partial charge in [0.2, 0.25) is 0 Å². The summed E-state index contributed by atoms with van der Waals surface area (Å²) < 4.78 is 5.70. The van der Waals surface area contributed by atoms with Crippen molar-refractivity contribution >= 4 is 5.97 Å². The molecule has 1 aliphatic carbocycles. The fraction of sp³-hybridized carbons (Fsp3) is 0.696. The number of benzene rings is 1. The first-order valence-electron chi connectivity index (χ1n) is 10.9. The summed E-state index contributed by atoms with van der Waals surface area (Å²) in [5, 5.41) is 12.8. The molecule has 2 aliphatic rings. The lowest BCUT2D eigenvalue weighted by Crippen LogP contribution is -2.47. The summed E-state index contributed by atoms with van der Waals surface area (Å²) in [6.45, 7) is 8.69. The molecule has 0 amide bonds. The Labute approximate surface area is 169 Å². The summed E-state index contributed by atoms with van der Waals surface area (Å²) in [5.41, 5.74) is 1.58. The van der Waals surface area contributed by atoms with E-state index >= 15 is 0 Å². The molecule has 2 unspecified atom stereocenters. The standard InChI is InChI=1S/C23H36N2O3/c1-3-19-15-21(19)24-17-23(9-12-25(13-10-23)11-8-22(26)27)16-18-6-5-7-20(14-18)28-4-2/h5-7,14,19,21,24H,3-4,8-13,15-17H2,1-2H3,(H,26,27). The summed E-state index contributed by atoms with van der Waals surface area (Å²) in [6, 6.07) is 9.22. The van der Waals surface area contributed by atoms with Crippen LogP contribution in [0.1, 0.15) is 51.5 Å². The van der Waals surface area contributed by atoms with Gasteiger partial charge in [-0.2, -0.15) is 0 Å². The van der Waals surface area contributed by atoms with Crippen LogP contribution in [0.3, 0.4) is 0 Å². The third-order valence-corrected chi connectivity index (χ3v) is 6.53. The number of nitrogens with zero attached hydrogens (tertiary/aromatic N) is 1. The quantitative estimate of drug-likeness (QED) is 0.607. The Hall–Kier alpha value is -1.59. The number of nitrogens with one attached hydrogen (secondary N) is 1. The minimum atomic E-state index is -0.703. The summed E-state index contributed by atoms with van der Waals surface area (Å²) in [7, 11) is 0. The highest BCUT2D eigenvalue weighted by atomic mass is 16.5. The Morgan fingerprint density at radius 3 is 2.75 bits per heavy atom. The molecular weight excluding hydrogens is 352 g/mol. The molecule has 5 heteroatoms. The minimum Gasteiger partial charge on any atom is -0.494 e. The number of rotatable bonds is 11. The van der Waals surface area contributed by atoms with Gasteiger partial charge in [0, 0.05) is 19.1 Å². The number of aliphatic carboxylic acids is 1. The molecular formula is C23H36N2O3. The highest BCUT2D eigenvalue weighted by Gasteiger charge is 2.39. The molecule has 3 rings (SSSR count). The smallest absolute Gasteiger partial charge is 0.304 e. The Morgan fingerprint density at radius 2 is 2.11 bits per heavy atom.